The van der Waals surface area contributed by atoms with Gasteiger partial charge in [-0.15, -0.1) is 0 Å². The molecule has 0 amide bonds. The van der Waals surface area contributed by atoms with Crippen molar-refractivity contribution in [3.8, 4) is 0 Å². The summed E-state index contributed by atoms with van der Waals surface area (Å²) in [7, 11) is -1.03. The SMILES string of the molecule is C[SiH](C)C1(CC2([SiH2]CCCS)CCCCO2)CCCCO1. The van der Waals surface area contributed by atoms with Crippen molar-refractivity contribution in [1.29, 1.82) is 0 Å². The molecule has 5 heteroatoms. The molecule has 0 aromatic heterocycles. The fourth-order valence-corrected chi connectivity index (χ4v) is 9.59. The molecule has 0 saturated carbocycles. The summed E-state index contributed by atoms with van der Waals surface area (Å²) in [4.78, 5) is 0. The van der Waals surface area contributed by atoms with Crippen LogP contribution in [0.15, 0.2) is 0 Å². The molecule has 2 fully saturated rings. The molecule has 0 spiro atoms. The number of thiol groups is 1. The Morgan fingerprint density at radius 2 is 1.76 bits per heavy atom. The van der Waals surface area contributed by atoms with Crippen LogP contribution in [0.5, 0.6) is 0 Å². The van der Waals surface area contributed by atoms with Gasteiger partial charge in [0.25, 0.3) is 0 Å². The molecule has 21 heavy (non-hydrogen) atoms. The lowest BCUT2D eigenvalue weighted by Gasteiger charge is -2.48. The van der Waals surface area contributed by atoms with Crippen molar-refractivity contribution in [3.05, 3.63) is 0 Å². The summed E-state index contributed by atoms with van der Waals surface area (Å²) in [5, 5.41) is 0.472. The van der Waals surface area contributed by atoms with E-state index in [9.17, 15) is 0 Å². The van der Waals surface area contributed by atoms with Crippen molar-refractivity contribution in [2.45, 2.75) is 81.0 Å². The first kappa shape index (κ1) is 18.0. The lowest BCUT2D eigenvalue weighted by Crippen LogP contribution is -2.56. The van der Waals surface area contributed by atoms with Crippen LogP contribution in [0.1, 0.15) is 51.4 Å². The molecule has 0 N–H and O–H groups in total. The highest BCUT2D eigenvalue weighted by atomic mass is 32.1. The van der Waals surface area contributed by atoms with Gasteiger partial charge in [0.1, 0.15) is 0 Å². The first-order valence-electron chi connectivity index (χ1n) is 9.01. The number of hydrogen-bond donors (Lipinski definition) is 1. The molecule has 2 unspecified atom stereocenters. The lowest BCUT2D eigenvalue weighted by atomic mass is 9.97. The summed E-state index contributed by atoms with van der Waals surface area (Å²) in [6.45, 7) is 6.94. The van der Waals surface area contributed by atoms with Gasteiger partial charge in [-0.1, -0.05) is 19.1 Å². The predicted octanol–water partition coefficient (Wildman–Crippen LogP) is 3.15. The van der Waals surface area contributed by atoms with Crippen LogP contribution in [-0.2, 0) is 9.47 Å². The minimum Gasteiger partial charge on any atom is -0.379 e. The van der Waals surface area contributed by atoms with Crippen molar-refractivity contribution in [2.75, 3.05) is 19.0 Å². The molecule has 2 heterocycles. The minimum atomic E-state index is -0.839. The van der Waals surface area contributed by atoms with Gasteiger partial charge in [0, 0.05) is 13.2 Å². The molecule has 0 aromatic carbocycles. The van der Waals surface area contributed by atoms with Crippen LogP contribution in [0.25, 0.3) is 0 Å². The normalized spacial score (nSPS) is 34.9. The third-order valence-electron chi connectivity index (χ3n) is 5.53. The zero-order valence-corrected chi connectivity index (χ0v) is 17.5. The van der Waals surface area contributed by atoms with E-state index in [0.717, 1.165) is 19.0 Å². The van der Waals surface area contributed by atoms with Gasteiger partial charge in [0.2, 0.25) is 0 Å². The Hall–Kier alpha value is 0.704. The van der Waals surface area contributed by atoms with E-state index in [1.54, 1.807) is 0 Å². The monoisotopic (exact) mass is 346 g/mol. The smallest absolute Gasteiger partial charge is 0.0696 e. The van der Waals surface area contributed by atoms with Gasteiger partial charge >= 0.3 is 0 Å². The molecule has 0 aromatic rings. The molecule has 2 nitrogen and oxygen atoms in total. The average Bonchev–Trinajstić information content (AvgIpc) is 2.49. The number of ether oxygens (including phenoxy) is 2. The molecule has 0 bridgehead atoms. The van der Waals surface area contributed by atoms with Gasteiger partial charge in [0.15, 0.2) is 0 Å². The van der Waals surface area contributed by atoms with Gasteiger partial charge in [-0.2, -0.15) is 12.6 Å². The van der Waals surface area contributed by atoms with Crippen LogP contribution < -0.4 is 0 Å². The molecule has 2 aliphatic heterocycles. The lowest BCUT2D eigenvalue weighted by molar-refractivity contribution is -0.0958. The second kappa shape index (κ2) is 8.53. The van der Waals surface area contributed by atoms with Crippen molar-refractivity contribution in [2.24, 2.45) is 0 Å². The van der Waals surface area contributed by atoms with Gasteiger partial charge < -0.3 is 9.47 Å². The standard InChI is InChI=1S/C16H34O2SSi2/c1-21(2)16(9-4-6-11-18-16)14-15(20-13-7-12-19)8-3-5-10-17-15/h19,21H,3-14,20H2,1-2H3. The fourth-order valence-electron chi connectivity index (χ4n) is 4.11. The number of rotatable bonds is 7. The van der Waals surface area contributed by atoms with Crippen LogP contribution in [-0.4, -0.2) is 47.7 Å². The maximum absolute atomic E-state index is 6.47. The predicted molar refractivity (Wildman–Crippen MR) is 100 cm³/mol. The molecule has 124 valence electrons. The van der Waals surface area contributed by atoms with Gasteiger partial charge in [-0.05, 0) is 57.1 Å². The van der Waals surface area contributed by atoms with Crippen molar-refractivity contribution < 1.29 is 9.47 Å². The molecule has 2 saturated heterocycles. The Labute approximate surface area is 140 Å². The van der Waals surface area contributed by atoms with E-state index < -0.39 is 8.80 Å². The van der Waals surface area contributed by atoms with Crippen molar-refractivity contribution >= 4 is 30.9 Å². The minimum absolute atomic E-state index is 0.195. The molecule has 0 radical (unpaired) electrons. The summed E-state index contributed by atoms with van der Waals surface area (Å²) in [5.41, 5.74) is 0. The third kappa shape index (κ3) is 4.84. The van der Waals surface area contributed by atoms with Crippen LogP contribution in [0.2, 0.25) is 19.1 Å². The summed E-state index contributed by atoms with van der Waals surface area (Å²) < 4.78 is 12.9. The Balaban J connectivity index is 2.07. The first-order valence-corrected chi connectivity index (χ1v) is 14.2. The second-order valence-corrected chi connectivity index (χ2v) is 13.7. The van der Waals surface area contributed by atoms with E-state index in [1.165, 1.54) is 57.4 Å². The highest BCUT2D eigenvalue weighted by Gasteiger charge is 2.46. The highest BCUT2D eigenvalue weighted by Crippen LogP contribution is 2.40. The quantitative estimate of drug-likeness (QED) is 0.434. The number of hydrogen-bond acceptors (Lipinski definition) is 3. The molecular formula is C16H34O2SSi2. The topological polar surface area (TPSA) is 18.5 Å². The van der Waals surface area contributed by atoms with Gasteiger partial charge in [-0.25, -0.2) is 0 Å². The van der Waals surface area contributed by atoms with Crippen molar-refractivity contribution in [1.82, 2.24) is 0 Å². The van der Waals surface area contributed by atoms with Crippen molar-refractivity contribution in [3.63, 3.8) is 0 Å². The fraction of sp³-hybridized carbons (Fsp3) is 1.00. The molecule has 2 rings (SSSR count). The summed E-state index contributed by atoms with van der Waals surface area (Å²) in [5.74, 6) is 1.03. The Bertz CT molecular complexity index is 301. The maximum atomic E-state index is 6.47. The van der Waals surface area contributed by atoms with Gasteiger partial charge in [-0.3, -0.25) is 0 Å². The summed E-state index contributed by atoms with van der Waals surface area (Å²) >= 11 is 4.39. The molecule has 0 aliphatic carbocycles. The van der Waals surface area contributed by atoms with Crippen LogP contribution in [0.3, 0.4) is 0 Å². The molecule has 2 atom stereocenters. The molecular weight excluding hydrogens is 312 g/mol. The highest BCUT2D eigenvalue weighted by molar-refractivity contribution is 7.80. The van der Waals surface area contributed by atoms with E-state index in [2.05, 4.69) is 25.7 Å². The van der Waals surface area contributed by atoms with E-state index in [1.807, 2.05) is 0 Å². The van der Waals surface area contributed by atoms with Gasteiger partial charge in [0.05, 0.1) is 28.8 Å². The second-order valence-electron chi connectivity index (χ2n) is 7.37. The zero-order valence-electron chi connectivity index (χ0n) is 14.0. The van der Waals surface area contributed by atoms with E-state index in [-0.39, 0.29) is 20.0 Å². The van der Waals surface area contributed by atoms with E-state index in [4.69, 9.17) is 9.47 Å². The van der Waals surface area contributed by atoms with E-state index in [0.29, 0.717) is 0 Å². The maximum Gasteiger partial charge on any atom is 0.0696 e. The van der Waals surface area contributed by atoms with Crippen LogP contribution in [0.4, 0.5) is 0 Å². The van der Waals surface area contributed by atoms with Crippen LogP contribution in [0, 0.1) is 0 Å². The zero-order chi connectivity index (χ0) is 15.2. The summed E-state index contributed by atoms with van der Waals surface area (Å²) in [6, 6.07) is 1.39. The Morgan fingerprint density at radius 1 is 1.05 bits per heavy atom. The Morgan fingerprint density at radius 3 is 2.29 bits per heavy atom. The third-order valence-corrected chi connectivity index (χ3v) is 11.2. The van der Waals surface area contributed by atoms with E-state index >= 15 is 0 Å². The first-order chi connectivity index (χ1) is 10.1. The summed E-state index contributed by atoms with van der Waals surface area (Å²) in [6.07, 6.45) is 10.3. The average molecular weight is 347 g/mol. The molecule has 2 aliphatic rings. The Kier molecular flexibility index (Phi) is 7.33. The largest absolute Gasteiger partial charge is 0.379 e. The van der Waals surface area contributed by atoms with Crippen LogP contribution >= 0.6 is 12.6 Å².